The molecule has 1 aliphatic rings. The number of cyclic esters (lactones) is 1. The molecule has 1 fully saturated rings. The van der Waals surface area contributed by atoms with E-state index in [1.165, 1.54) is 0 Å². The number of esters is 1. The number of ether oxygens (including phenoxy) is 1. The molecule has 72 valence electrons. The Bertz CT molecular complexity index is 261. The van der Waals surface area contributed by atoms with E-state index < -0.39 is 5.60 Å². The largest absolute Gasteiger partial charge is 0.455 e. The molecule has 0 aromatic rings. The molecule has 0 aromatic heterocycles. The molecule has 0 N–H and O–H groups in total. The lowest BCUT2D eigenvalue weighted by Gasteiger charge is -2.16. The average Bonchev–Trinajstić information content (AvgIpc) is 2.27. The van der Waals surface area contributed by atoms with E-state index in [4.69, 9.17) is 4.74 Å². The Morgan fingerprint density at radius 1 is 1.69 bits per heavy atom. The van der Waals surface area contributed by atoms with Gasteiger partial charge in [0.25, 0.3) is 0 Å². The van der Waals surface area contributed by atoms with E-state index in [1.807, 2.05) is 26.8 Å². The smallest absolute Gasteiger partial charge is 0.313 e. The van der Waals surface area contributed by atoms with Gasteiger partial charge in [0.05, 0.1) is 5.92 Å². The zero-order chi connectivity index (χ0) is 10.1. The highest BCUT2D eigenvalue weighted by molar-refractivity contribution is 5.77. The summed E-state index contributed by atoms with van der Waals surface area (Å²) in [4.78, 5) is 11.4. The van der Waals surface area contributed by atoms with Crippen molar-refractivity contribution in [2.45, 2.75) is 32.8 Å². The summed E-state index contributed by atoms with van der Waals surface area (Å²) in [5, 5.41) is 0. The molecule has 0 spiro atoms. The van der Waals surface area contributed by atoms with Crippen molar-refractivity contribution < 1.29 is 9.53 Å². The molecule has 1 rings (SSSR count). The zero-order valence-electron chi connectivity index (χ0n) is 8.46. The van der Waals surface area contributed by atoms with Crippen molar-refractivity contribution >= 4 is 5.97 Å². The van der Waals surface area contributed by atoms with E-state index in [9.17, 15) is 4.79 Å². The Morgan fingerprint density at radius 3 is 2.69 bits per heavy atom. The Labute approximate surface area is 79.3 Å². The SMILES string of the molecule is C=CC1(C)CC(C=C(C)C)C(=O)O1. The number of carbonyl (C=O) groups excluding carboxylic acids is 1. The van der Waals surface area contributed by atoms with Crippen LogP contribution in [0.4, 0.5) is 0 Å². The summed E-state index contributed by atoms with van der Waals surface area (Å²) in [6.45, 7) is 9.52. The molecule has 0 aromatic carbocycles. The highest BCUT2D eigenvalue weighted by Gasteiger charge is 2.39. The number of hydrogen-bond acceptors (Lipinski definition) is 2. The summed E-state index contributed by atoms with van der Waals surface area (Å²) in [5.41, 5.74) is 0.684. The average molecular weight is 180 g/mol. The van der Waals surface area contributed by atoms with Crippen LogP contribution in [0.2, 0.25) is 0 Å². The lowest BCUT2D eigenvalue weighted by atomic mass is 9.94. The lowest BCUT2D eigenvalue weighted by molar-refractivity contribution is -0.146. The lowest BCUT2D eigenvalue weighted by Crippen LogP contribution is -2.19. The summed E-state index contributed by atoms with van der Waals surface area (Å²) in [6, 6.07) is 0. The molecule has 2 nitrogen and oxygen atoms in total. The van der Waals surface area contributed by atoms with Gasteiger partial charge in [0.2, 0.25) is 0 Å². The van der Waals surface area contributed by atoms with Crippen molar-refractivity contribution in [2.24, 2.45) is 5.92 Å². The van der Waals surface area contributed by atoms with Crippen LogP contribution in [0.5, 0.6) is 0 Å². The summed E-state index contributed by atoms with van der Waals surface area (Å²) >= 11 is 0. The highest BCUT2D eigenvalue weighted by Crippen LogP contribution is 2.32. The minimum Gasteiger partial charge on any atom is -0.455 e. The first-order valence-electron chi connectivity index (χ1n) is 4.48. The molecule has 0 radical (unpaired) electrons. The van der Waals surface area contributed by atoms with E-state index in [1.54, 1.807) is 6.08 Å². The fraction of sp³-hybridized carbons (Fsp3) is 0.545. The Balaban J connectivity index is 2.78. The molecule has 2 atom stereocenters. The maximum absolute atomic E-state index is 11.4. The predicted molar refractivity (Wildman–Crippen MR) is 52.2 cm³/mol. The normalized spacial score (nSPS) is 32.5. The van der Waals surface area contributed by atoms with Crippen LogP contribution in [0.1, 0.15) is 27.2 Å². The second-order valence-corrected chi connectivity index (χ2v) is 3.99. The van der Waals surface area contributed by atoms with Crippen LogP contribution in [-0.2, 0) is 9.53 Å². The van der Waals surface area contributed by atoms with E-state index in [-0.39, 0.29) is 11.9 Å². The fourth-order valence-electron chi connectivity index (χ4n) is 1.52. The van der Waals surface area contributed by atoms with Crippen molar-refractivity contribution in [3.8, 4) is 0 Å². The van der Waals surface area contributed by atoms with Crippen LogP contribution in [0.3, 0.4) is 0 Å². The first-order chi connectivity index (χ1) is 5.97. The monoisotopic (exact) mass is 180 g/mol. The van der Waals surface area contributed by atoms with Crippen molar-refractivity contribution in [3.63, 3.8) is 0 Å². The summed E-state index contributed by atoms with van der Waals surface area (Å²) < 4.78 is 5.21. The van der Waals surface area contributed by atoms with Crippen LogP contribution in [0, 0.1) is 5.92 Å². The van der Waals surface area contributed by atoms with Crippen molar-refractivity contribution in [1.82, 2.24) is 0 Å². The first kappa shape index (κ1) is 10.0. The highest BCUT2D eigenvalue weighted by atomic mass is 16.6. The minimum absolute atomic E-state index is 0.0898. The van der Waals surface area contributed by atoms with Gasteiger partial charge in [-0.1, -0.05) is 18.2 Å². The van der Waals surface area contributed by atoms with Gasteiger partial charge in [0.15, 0.2) is 0 Å². The predicted octanol–water partition coefficient (Wildman–Crippen LogP) is 2.46. The Kier molecular flexibility index (Phi) is 2.60. The molecule has 2 heteroatoms. The van der Waals surface area contributed by atoms with Gasteiger partial charge in [-0.05, 0) is 26.8 Å². The molecule has 0 amide bonds. The minimum atomic E-state index is -0.465. The van der Waals surface area contributed by atoms with Gasteiger partial charge in [-0.3, -0.25) is 4.79 Å². The standard InChI is InChI=1S/C11H16O2/c1-5-11(4)7-9(6-8(2)3)10(12)13-11/h5-6,9H,1,7H2,2-4H3. The molecule has 13 heavy (non-hydrogen) atoms. The van der Waals surface area contributed by atoms with Crippen LogP contribution in [0.25, 0.3) is 0 Å². The van der Waals surface area contributed by atoms with Gasteiger partial charge in [0, 0.05) is 6.42 Å². The van der Waals surface area contributed by atoms with Gasteiger partial charge in [0.1, 0.15) is 5.60 Å². The third-order valence-corrected chi connectivity index (χ3v) is 2.23. The maximum atomic E-state index is 11.4. The molecule has 0 saturated carbocycles. The van der Waals surface area contributed by atoms with Gasteiger partial charge in [-0.25, -0.2) is 0 Å². The van der Waals surface area contributed by atoms with Gasteiger partial charge in [-0.2, -0.15) is 0 Å². The van der Waals surface area contributed by atoms with E-state index >= 15 is 0 Å². The quantitative estimate of drug-likeness (QED) is 0.482. The van der Waals surface area contributed by atoms with Crippen molar-refractivity contribution in [2.75, 3.05) is 0 Å². The van der Waals surface area contributed by atoms with E-state index in [2.05, 4.69) is 6.58 Å². The molecular formula is C11H16O2. The maximum Gasteiger partial charge on any atom is 0.313 e. The van der Waals surface area contributed by atoms with Crippen LogP contribution in [-0.4, -0.2) is 11.6 Å². The number of hydrogen-bond donors (Lipinski definition) is 0. The Morgan fingerprint density at radius 2 is 2.31 bits per heavy atom. The number of allylic oxidation sites excluding steroid dienone is 1. The van der Waals surface area contributed by atoms with Crippen LogP contribution < -0.4 is 0 Å². The van der Waals surface area contributed by atoms with Crippen LogP contribution in [0.15, 0.2) is 24.3 Å². The summed E-state index contributed by atoms with van der Waals surface area (Å²) in [6.07, 6.45) is 4.36. The molecule has 1 aliphatic heterocycles. The summed E-state index contributed by atoms with van der Waals surface area (Å²) in [7, 11) is 0. The van der Waals surface area contributed by atoms with Gasteiger partial charge < -0.3 is 4.74 Å². The molecule has 2 unspecified atom stereocenters. The molecule has 0 bridgehead atoms. The molecule has 1 saturated heterocycles. The van der Waals surface area contributed by atoms with Crippen molar-refractivity contribution in [1.29, 1.82) is 0 Å². The van der Waals surface area contributed by atoms with Crippen LogP contribution >= 0.6 is 0 Å². The second-order valence-electron chi connectivity index (χ2n) is 3.99. The topological polar surface area (TPSA) is 26.3 Å². The molecule has 0 aliphatic carbocycles. The van der Waals surface area contributed by atoms with Crippen molar-refractivity contribution in [3.05, 3.63) is 24.3 Å². The fourth-order valence-corrected chi connectivity index (χ4v) is 1.52. The van der Waals surface area contributed by atoms with E-state index in [0.29, 0.717) is 6.42 Å². The van der Waals surface area contributed by atoms with Gasteiger partial charge in [-0.15, -0.1) is 0 Å². The third kappa shape index (κ3) is 2.20. The zero-order valence-corrected chi connectivity index (χ0v) is 8.46. The Hall–Kier alpha value is -1.05. The number of rotatable bonds is 2. The molecule has 1 heterocycles. The van der Waals surface area contributed by atoms with Gasteiger partial charge >= 0.3 is 5.97 Å². The summed E-state index contributed by atoms with van der Waals surface area (Å²) in [5.74, 6) is -0.225. The molecular weight excluding hydrogens is 164 g/mol. The first-order valence-corrected chi connectivity index (χ1v) is 4.48. The third-order valence-electron chi connectivity index (χ3n) is 2.23. The second kappa shape index (κ2) is 3.36. The van der Waals surface area contributed by atoms with E-state index in [0.717, 1.165) is 5.57 Å². The number of carbonyl (C=O) groups is 1.